The molecule has 0 aliphatic carbocycles. The molecule has 1 aromatic heterocycles. The standard InChI is InChI=1S/C22H26N2/c1-6-7-11-16(4)20-14-19(18-12-9-8-10-13-18)21(17(5)24-20)22(23)15(2)3/h6-14H,23H2,1-5H3/b7-6-,16-11+. The summed E-state index contributed by atoms with van der Waals surface area (Å²) in [7, 11) is 0. The average molecular weight is 318 g/mol. The highest BCUT2D eigenvalue weighted by atomic mass is 14.7. The van der Waals surface area contributed by atoms with Gasteiger partial charge in [0.2, 0.25) is 0 Å². The third-order valence-electron chi connectivity index (χ3n) is 4.04. The lowest BCUT2D eigenvalue weighted by molar-refractivity contribution is 1.14. The molecule has 0 spiro atoms. The Labute approximate surface area is 145 Å². The predicted molar refractivity (Wildman–Crippen MR) is 105 cm³/mol. The van der Waals surface area contributed by atoms with Gasteiger partial charge >= 0.3 is 0 Å². The highest BCUT2D eigenvalue weighted by molar-refractivity contribution is 5.84. The zero-order valence-electron chi connectivity index (χ0n) is 15.2. The Morgan fingerprint density at radius 2 is 1.75 bits per heavy atom. The van der Waals surface area contributed by atoms with E-state index in [0.717, 1.165) is 44.9 Å². The number of pyridine rings is 1. The third kappa shape index (κ3) is 3.83. The van der Waals surface area contributed by atoms with Crippen molar-refractivity contribution >= 4 is 11.3 Å². The first-order valence-electron chi connectivity index (χ1n) is 8.26. The molecule has 1 heterocycles. The molecule has 0 fully saturated rings. The van der Waals surface area contributed by atoms with Gasteiger partial charge in [-0.1, -0.05) is 54.1 Å². The largest absolute Gasteiger partial charge is 0.398 e. The Morgan fingerprint density at radius 3 is 2.33 bits per heavy atom. The first kappa shape index (κ1) is 17.7. The molecule has 2 heteroatoms. The summed E-state index contributed by atoms with van der Waals surface area (Å²) in [5.74, 6) is 0. The monoisotopic (exact) mass is 318 g/mol. The second kappa shape index (κ2) is 7.78. The van der Waals surface area contributed by atoms with Gasteiger partial charge in [0, 0.05) is 17.0 Å². The zero-order chi connectivity index (χ0) is 17.7. The van der Waals surface area contributed by atoms with Gasteiger partial charge in [-0.25, -0.2) is 0 Å². The van der Waals surface area contributed by atoms with Gasteiger partial charge in [-0.3, -0.25) is 4.98 Å². The molecular formula is C22H26N2. The van der Waals surface area contributed by atoms with Crippen LogP contribution >= 0.6 is 0 Å². The van der Waals surface area contributed by atoms with Crippen LogP contribution in [-0.4, -0.2) is 4.98 Å². The molecule has 24 heavy (non-hydrogen) atoms. The van der Waals surface area contributed by atoms with Gasteiger partial charge in [0.15, 0.2) is 0 Å². The quantitative estimate of drug-likeness (QED) is 0.729. The van der Waals surface area contributed by atoms with Gasteiger partial charge in [-0.15, -0.1) is 0 Å². The van der Waals surface area contributed by atoms with Crippen LogP contribution in [0.1, 0.15) is 44.6 Å². The molecule has 2 nitrogen and oxygen atoms in total. The number of allylic oxidation sites excluding steroid dienone is 5. The number of nitrogens with two attached hydrogens (primary N) is 1. The van der Waals surface area contributed by atoms with E-state index in [1.807, 2.05) is 45.9 Å². The van der Waals surface area contributed by atoms with Crippen molar-refractivity contribution < 1.29 is 0 Å². The van der Waals surface area contributed by atoms with Crippen LogP contribution in [0.25, 0.3) is 22.4 Å². The number of hydrogen-bond acceptors (Lipinski definition) is 2. The van der Waals surface area contributed by atoms with Crippen molar-refractivity contribution in [2.24, 2.45) is 5.73 Å². The topological polar surface area (TPSA) is 38.9 Å². The maximum absolute atomic E-state index is 6.40. The van der Waals surface area contributed by atoms with Crippen LogP contribution in [-0.2, 0) is 0 Å². The first-order valence-corrected chi connectivity index (χ1v) is 8.26. The highest BCUT2D eigenvalue weighted by Crippen LogP contribution is 2.32. The van der Waals surface area contributed by atoms with Gasteiger partial charge in [0.05, 0.1) is 5.69 Å². The molecule has 0 unspecified atom stereocenters. The minimum atomic E-state index is 0.806. The Hall–Kier alpha value is -2.61. The summed E-state index contributed by atoms with van der Waals surface area (Å²) < 4.78 is 0. The molecule has 124 valence electrons. The van der Waals surface area contributed by atoms with Crippen LogP contribution in [0.4, 0.5) is 0 Å². The van der Waals surface area contributed by atoms with Crippen LogP contribution in [0, 0.1) is 6.92 Å². The van der Waals surface area contributed by atoms with Crippen LogP contribution < -0.4 is 5.73 Å². The average Bonchev–Trinajstić information content (AvgIpc) is 2.59. The molecule has 1 aromatic carbocycles. The summed E-state index contributed by atoms with van der Waals surface area (Å²) in [6.07, 6.45) is 6.14. The predicted octanol–water partition coefficient (Wildman–Crippen LogP) is 5.75. The van der Waals surface area contributed by atoms with Gasteiger partial charge in [-0.05, 0) is 57.4 Å². The van der Waals surface area contributed by atoms with E-state index >= 15 is 0 Å². The van der Waals surface area contributed by atoms with E-state index in [-0.39, 0.29) is 0 Å². The van der Waals surface area contributed by atoms with Gasteiger partial charge in [-0.2, -0.15) is 0 Å². The van der Waals surface area contributed by atoms with Gasteiger partial charge in [0.25, 0.3) is 0 Å². The molecule has 0 saturated carbocycles. The summed E-state index contributed by atoms with van der Waals surface area (Å²) >= 11 is 0. The molecule has 2 aromatic rings. The van der Waals surface area contributed by atoms with Gasteiger partial charge in [0.1, 0.15) is 0 Å². The van der Waals surface area contributed by atoms with Crippen LogP contribution in [0.5, 0.6) is 0 Å². The molecule has 0 saturated heterocycles. The number of nitrogens with zero attached hydrogens (tertiary/aromatic N) is 1. The lowest BCUT2D eigenvalue weighted by atomic mass is 9.93. The van der Waals surface area contributed by atoms with E-state index in [1.54, 1.807) is 0 Å². The van der Waals surface area contributed by atoms with Crippen LogP contribution in [0.15, 0.2) is 60.2 Å². The summed E-state index contributed by atoms with van der Waals surface area (Å²) in [5.41, 5.74) is 14.7. The number of benzene rings is 1. The second-order valence-corrected chi connectivity index (χ2v) is 6.17. The van der Waals surface area contributed by atoms with Crippen molar-refractivity contribution in [3.05, 3.63) is 77.2 Å². The summed E-state index contributed by atoms with van der Waals surface area (Å²) in [5, 5.41) is 0. The fraction of sp³-hybridized carbons (Fsp3) is 0.227. The van der Waals surface area contributed by atoms with E-state index in [9.17, 15) is 0 Å². The van der Waals surface area contributed by atoms with Crippen LogP contribution in [0.3, 0.4) is 0 Å². The number of aromatic nitrogens is 1. The molecule has 0 bridgehead atoms. The number of rotatable bonds is 4. The Bertz CT molecular complexity index is 805. The lowest BCUT2D eigenvalue weighted by Crippen LogP contribution is -2.06. The molecule has 0 amide bonds. The summed E-state index contributed by atoms with van der Waals surface area (Å²) in [4.78, 5) is 4.80. The molecular weight excluding hydrogens is 292 g/mol. The normalized spacial score (nSPS) is 11.8. The maximum Gasteiger partial charge on any atom is 0.0668 e. The van der Waals surface area contributed by atoms with E-state index in [0.29, 0.717) is 0 Å². The minimum absolute atomic E-state index is 0.806. The van der Waals surface area contributed by atoms with Crippen molar-refractivity contribution in [3.8, 4) is 11.1 Å². The molecule has 0 atom stereocenters. The fourth-order valence-corrected chi connectivity index (χ4v) is 2.64. The summed E-state index contributed by atoms with van der Waals surface area (Å²) in [6, 6.07) is 12.5. The van der Waals surface area contributed by atoms with E-state index in [4.69, 9.17) is 10.7 Å². The smallest absolute Gasteiger partial charge is 0.0668 e. The van der Waals surface area contributed by atoms with E-state index < -0.39 is 0 Å². The second-order valence-electron chi connectivity index (χ2n) is 6.17. The molecule has 0 aliphatic rings. The Kier molecular flexibility index (Phi) is 5.75. The maximum atomic E-state index is 6.40. The number of hydrogen-bond donors (Lipinski definition) is 1. The van der Waals surface area contributed by atoms with E-state index in [2.05, 4.69) is 43.3 Å². The van der Waals surface area contributed by atoms with Gasteiger partial charge < -0.3 is 5.73 Å². The zero-order valence-corrected chi connectivity index (χ0v) is 15.2. The van der Waals surface area contributed by atoms with E-state index in [1.165, 1.54) is 0 Å². The van der Waals surface area contributed by atoms with Crippen molar-refractivity contribution in [2.45, 2.75) is 34.6 Å². The first-order chi connectivity index (χ1) is 11.5. The molecule has 0 aliphatic heterocycles. The summed E-state index contributed by atoms with van der Waals surface area (Å²) in [6.45, 7) is 10.2. The molecule has 2 N–H and O–H groups in total. The highest BCUT2D eigenvalue weighted by Gasteiger charge is 2.15. The fourth-order valence-electron chi connectivity index (χ4n) is 2.64. The van der Waals surface area contributed by atoms with Crippen molar-refractivity contribution in [3.63, 3.8) is 0 Å². The SMILES string of the molecule is C/C=C\C=C(/C)c1cc(-c2ccccc2)c(C(N)=C(C)C)c(C)n1. The molecule has 2 rings (SSSR count). The molecule has 0 radical (unpaired) electrons. The van der Waals surface area contributed by atoms with Crippen molar-refractivity contribution in [1.29, 1.82) is 0 Å². The van der Waals surface area contributed by atoms with Crippen LogP contribution in [0.2, 0.25) is 0 Å². The Balaban J connectivity index is 2.76. The number of aryl methyl sites for hydroxylation is 1. The van der Waals surface area contributed by atoms with Crippen molar-refractivity contribution in [1.82, 2.24) is 4.98 Å². The van der Waals surface area contributed by atoms with Crippen molar-refractivity contribution in [2.75, 3.05) is 0 Å². The lowest BCUT2D eigenvalue weighted by Gasteiger charge is -2.16. The Morgan fingerprint density at radius 1 is 1.08 bits per heavy atom. The third-order valence-corrected chi connectivity index (χ3v) is 4.04. The minimum Gasteiger partial charge on any atom is -0.398 e.